The van der Waals surface area contributed by atoms with Gasteiger partial charge < -0.3 is 9.97 Å². The Morgan fingerprint density at radius 1 is 0.629 bits per heavy atom. The summed E-state index contributed by atoms with van der Waals surface area (Å²) in [6.07, 6.45) is 6.66. The Kier molecular flexibility index (Phi) is 5.89. The lowest BCUT2D eigenvalue weighted by atomic mass is 10.0. The largest absolute Gasteiger partial charge is 0.354 e. The summed E-state index contributed by atoms with van der Waals surface area (Å²) >= 11 is 1.92. The molecule has 2 N–H and O–H groups in total. The topological polar surface area (TPSA) is 44.5 Å². The highest BCUT2D eigenvalue weighted by Gasteiger charge is 2.16. The molecule has 2 aromatic carbocycles. The van der Waals surface area contributed by atoms with Gasteiger partial charge in [0.1, 0.15) is 0 Å². The first-order valence-electron chi connectivity index (χ1n) is 12.2. The molecular formula is C31H27N3S. The number of benzene rings is 2. The van der Waals surface area contributed by atoms with E-state index in [9.17, 15) is 0 Å². The number of hydrogen-bond acceptors (Lipinski definition) is 2. The number of H-pyrrole nitrogens is 2. The SMILES string of the molecule is CCCCSc1c2ccc([nH]2)c(-c2ccccc2)c2nc(c(-c3ccccc3)c3ccc1[nH]3)C=C2. The standard InChI is InChI=1S/C31H27N3S/c1-2-3-20-35-31-27-18-16-25(33-27)29(21-10-6-4-7-11-21)23-14-15-24(32-23)30(22-12-8-5-9-13-22)26-17-19-28(31)34-26/h4-19,33-34H,2-3,20H2,1H3. The van der Waals surface area contributed by atoms with Crippen molar-refractivity contribution in [3.63, 3.8) is 0 Å². The first kappa shape index (κ1) is 21.8. The van der Waals surface area contributed by atoms with Gasteiger partial charge in [0, 0.05) is 22.2 Å². The maximum absolute atomic E-state index is 5.18. The van der Waals surface area contributed by atoms with Gasteiger partial charge in [-0.2, -0.15) is 0 Å². The lowest BCUT2D eigenvalue weighted by Crippen LogP contribution is -1.88. The molecule has 5 aromatic rings. The van der Waals surface area contributed by atoms with Crippen LogP contribution < -0.4 is 0 Å². The molecule has 6 bridgehead atoms. The Balaban J connectivity index is 1.74. The number of aromatic nitrogens is 3. The fourth-order valence-electron chi connectivity index (χ4n) is 4.70. The summed E-state index contributed by atoms with van der Waals surface area (Å²) in [5.74, 6) is 1.09. The van der Waals surface area contributed by atoms with Gasteiger partial charge in [0.05, 0.1) is 27.3 Å². The predicted octanol–water partition coefficient (Wildman–Crippen LogP) is 8.88. The van der Waals surface area contributed by atoms with E-state index in [0.29, 0.717) is 0 Å². The van der Waals surface area contributed by atoms with Gasteiger partial charge in [0.15, 0.2) is 0 Å². The predicted molar refractivity (Wildman–Crippen MR) is 151 cm³/mol. The number of nitrogens with one attached hydrogen (secondary N) is 2. The van der Waals surface area contributed by atoms with Gasteiger partial charge >= 0.3 is 0 Å². The van der Waals surface area contributed by atoms with E-state index in [2.05, 4.69) is 114 Å². The molecule has 1 aliphatic rings. The van der Waals surface area contributed by atoms with Crippen molar-refractivity contribution in [3.8, 4) is 22.3 Å². The van der Waals surface area contributed by atoms with Gasteiger partial charge in [-0.1, -0.05) is 74.0 Å². The molecule has 4 heteroatoms. The normalized spacial score (nSPS) is 11.9. The summed E-state index contributed by atoms with van der Waals surface area (Å²) in [5.41, 5.74) is 10.9. The zero-order chi connectivity index (χ0) is 23.6. The first-order chi connectivity index (χ1) is 17.3. The maximum atomic E-state index is 5.18. The highest BCUT2D eigenvalue weighted by Crippen LogP contribution is 2.36. The third kappa shape index (κ3) is 4.15. The molecule has 3 aromatic heterocycles. The Morgan fingerprint density at radius 2 is 1.11 bits per heavy atom. The van der Waals surface area contributed by atoms with Crippen molar-refractivity contribution in [2.75, 3.05) is 5.75 Å². The number of aromatic amines is 2. The van der Waals surface area contributed by atoms with E-state index in [4.69, 9.17) is 4.98 Å². The van der Waals surface area contributed by atoms with Crippen LogP contribution in [0.5, 0.6) is 0 Å². The van der Waals surface area contributed by atoms with E-state index < -0.39 is 0 Å². The van der Waals surface area contributed by atoms with Crippen molar-refractivity contribution >= 4 is 46.0 Å². The van der Waals surface area contributed by atoms with Gasteiger partial charge in [-0.3, -0.25) is 0 Å². The molecule has 0 amide bonds. The Morgan fingerprint density at radius 3 is 1.60 bits per heavy atom. The second kappa shape index (κ2) is 9.47. The van der Waals surface area contributed by atoms with Crippen LogP contribution in [0, 0.1) is 0 Å². The number of unbranched alkanes of at least 4 members (excludes halogenated alkanes) is 1. The third-order valence-electron chi connectivity index (χ3n) is 6.42. The number of nitrogens with zero attached hydrogens (tertiary/aromatic N) is 1. The monoisotopic (exact) mass is 473 g/mol. The molecule has 0 saturated carbocycles. The number of fused-ring (bicyclic) bond motifs is 6. The van der Waals surface area contributed by atoms with Gasteiger partial charge in [-0.15, -0.1) is 11.8 Å². The number of rotatable bonds is 6. The van der Waals surface area contributed by atoms with Crippen LogP contribution >= 0.6 is 11.8 Å². The lowest BCUT2D eigenvalue weighted by molar-refractivity contribution is 0.896. The van der Waals surface area contributed by atoms with Gasteiger partial charge in [-0.25, -0.2) is 4.98 Å². The Hall–Kier alpha value is -3.76. The first-order valence-corrected chi connectivity index (χ1v) is 13.2. The van der Waals surface area contributed by atoms with Crippen LogP contribution in [0.2, 0.25) is 0 Å². The van der Waals surface area contributed by atoms with Gasteiger partial charge in [-0.05, 0) is 59.7 Å². The molecule has 0 radical (unpaired) electrons. The van der Waals surface area contributed by atoms with Crippen LogP contribution in [-0.2, 0) is 0 Å². The van der Waals surface area contributed by atoms with Crippen LogP contribution in [0.25, 0.3) is 56.5 Å². The maximum Gasteiger partial charge on any atom is 0.0737 e. The second-order valence-corrected chi connectivity index (χ2v) is 9.91. The molecule has 3 nitrogen and oxygen atoms in total. The quantitative estimate of drug-likeness (QED) is 0.187. The summed E-state index contributed by atoms with van der Waals surface area (Å²) in [6.45, 7) is 2.24. The molecule has 1 aliphatic heterocycles. The minimum absolute atomic E-state index is 0.973. The minimum Gasteiger partial charge on any atom is -0.354 e. The average Bonchev–Trinajstić information content (AvgIpc) is 3.66. The molecule has 4 heterocycles. The third-order valence-corrected chi connectivity index (χ3v) is 7.64. The van der Waals surface area contributed by atoms with Gasteiger partial charge in [0.25, 0.3) is 0 Å². The highest BCUT2D eigenvalue weighted by atomic mass is 32.2. The van der Waals surface area contributed by atoms with Crippen LogP contribution in [-0.4, -0.2) is 20.7 Å². The minimum atomic E-state index is 0.973. The molecule has 172 valence electrons. The zero-order valence-corrected chi connectivity index (χ0v) is 20.5. The van der Waals surface area contributed by atoms with Crippen LogP contribution in [0.3, 0.4) is 0 Å². The van der Waals surface area contributed by atoms with Crippen molar-refractivity contribution in [2.45, 2.75) is 24.7 Å². The fourth-order valence-corrected chi connectivity index (χ4v) is 5.89. The molecule has 0 unspecified atom stereocenters. The van der Waals surface area contributed by atoms with E-state index >= 15 is 0 Å². The Bertz CT molecular complexity index is 1480. The summed E-state index contributed by atoms with van der Waals surface area (Å²) < 4.78 is 0. The van der Waals surface area contributed by atoms with Crippen molar-refractivity contribution in [2.24, 2.45) is 0 Å². The highest BCUT2D eigenvalue weighted by molar-refractivity contribution is 7.99. The smallest absolute Gasteiger partial charge is 0.0737 e. The molecule has 0 saturated heterocycles. The summed E-state index contributed by atoms with van der Waals surface area (Å²) in [4.78, 5) is 13.9. The molecular weight excluding hydrogens is 446 g/mol. The molecule has 0 atom stereocenters. The van der Waals surface area contributed by atoms with Crippen molar-refractivity contribution in [1.29, 1.82) is 0 Å². The van der Waals surface area contributed by atoms with Crippen LogP contribution in [0.1, 0.15) is 31.2 Å². The molecule has 6 rings (SSSR count). The molecule has 0 aliphatic carbocycles. The fraction of sp³-hybridized carbons (Fsp3) is 0.129. The number of hydrogen-bond donors (Lipinski definition) is 2. The van der Waals surface area contributed by atoms with E-state index in [1.54, 1.807) is 0 Å². The Labute approximate surface area is 209 Å². The summed E-state index contributed by atoms with van der Waals surface area (Å²) in [6, 6.07) is 29.9. The van der Waals surface area contributed by atoms with Crippen molar-refractivity contribution in [3.05, 3.63) is 96.3 Å². The van der Waals surface area contributed by atoms with E-state index in [-0.39, 0.29) is 0 Å². The second-order valence-electron chi connectivity index (χ2n) is 8.80. The lowest BCUT2D eigenvalue weighted by Gasteiger charge is -2.06. The number of thioether (sulfide) groups is 1. The van der Waals surface area contributed by atoms with Crippen LogP contribution in [0.15, 0.2) is 89.8 Å². The van der Waals surface area contributed by atoms with Crippen molar-refractivity contribution in [1.82, 2.24) is 15.0 Å². The zero-order valence-electron chi connectivity index (χ0n) is 19.7. The van der Waals surface area contributed by atoms with Crippen molar-refractivity contribution < 1.29 is 0 Å². The summed E-state index contributed by atoms with van der Waals surface area (Å²) in [5, 5.41) is 0. The molecule has 35 heavy (non-hydrogen) atoms. The van der Waals surface area contributed by atoms with E-state index in [0.717, 1.165) is 61.5 Å². The molecule has 0 fully saturated rings. The van der Waals surface area contributed by atoms with Crippen LogP contribution in [0.4, 0.5) is 0 Å². The summed E-state index contributed by atoms with van der Waals surface area (Å²) in [7, 11) is 0. The molecule has 0 spiro atoms. The van der Waals surface area contributed by atoms with E-state index in [1.165, 1.54) is 17.7 Å². The van der Waals surface area contributed by atoms with E-state index in [1.807, 2.05) is 11.8 Å². The average molecular weight is 474 g/mol. The van der Waals surface area contributed by atoms with Gasteiger partial charge in [0.2, 0.25) is 0 Å².